The summed E-state index contributed by atoms with van der Waals surface area (Å²) in [5.74, 6) is -1.88. The van der Waals surface area contributed by atoms with Crippen molar-refractivity contribution in [3.05, 3.63) is 16.1 Å². The van der Waals surface area contributed by atoms with Crippen LogP contribution in [0.2, 0.25) is 0 Å². The van der Waals surface area contributed by atoms with Crippen molar-refractivity contribution in [3.8, 4) is 0 Å². The lowest BCUT2D eigenvalue weighted by atomic mass is 9.66. The van der Waals surface area contributed by atoms with Crippen molar-refractivity contribution in [2.45, 2.75) is 53.2 Å². The molecule has 0 radical (unpaired) electrons. The molecule has 156 valence electrons. The van der Waals surface area contributed by atoms with Gasteiger partial charge in [0.1, 0.15) is 17.1 Å². The number of thiazole rings is 1. The number of urea groups is 1. The van der Waals surface area contributed by atoms with E-state index in [4.69, 9.17) is 0 Å². The van der Waals surface area contributed by atoms with Gasteiger partial charge in [0.2, 0.25) is 0 Å². The lowest BCUT2D eigenvalue weighted by Gasteiger charge is -2.49. The van der Waals surface area contributed by atoms with Crippen LogP contribution in [0.5, 0.6) is 0 Å². The first-order valence-electron chi connectivity index (χ1n) is 9.25. The molecule has 3 amide bonds. The van der Waals surface area contributed by atoms with Gasteiger partial charge in [-0.2, -0.15) is 0 Å². The monoisotopic (exact) mass is 410 g/mol. The van der Waals surface area contributed by atoms with E-state index < -0.39 is 28.9 Å². The Labute approximate surface area is 170 Å². The van der Waals surface area contributed by atoms with E-state index in [2.05, 4.69) is 4.98 Å². The normalized spacial score (nSPS) is 17.8. The molecule has 1 fully saturated rings. The first-order valence-corrected chi connectivity index (χ1v) is 10.1. The molecule has 1 saturated heterocycles. The lowest BCUT2D eigenvalue weighted by Crippen LogP contribution is -2.66. The number of carbonyl (C=O) groups excluding carboxylic acids is 2. The van der Waals surface area contributed by atoms with Crippen LogP contribution in [0.4, 0.5) is 4.79 Å². The maximum Gasteiger partial charge on any atom is 0.330 e. The van der Waals surface area contributed by atoms with Crippen LogP contribution in [-0.2, 0) is 22.7 Å². The predicted octanol–water partition coefficient (Wildman–Crippen LogP) is 2.49. The third-order valence-electron chi connectivity index (χ3n) is 5.16. The van der Waals surface area contributed by atoms with Crippen molar-refractivity contribution >= 4 is 29.2 Å². The van der Waals surface area contributed by atoms with Gasteiger partial charge in [-0.1, -0.05) is 34.6 Å². The molecule has 1 N–H and O–H groups in total. The maximum atomic E-state index is 13.1. The topological polar surface area (TPSA) is 94.1 Å². The second kappa shape index (κ2) is 7.79. The maximum absolute atomic E-state index is 13.1. The number of rotatable bonds is 7. The Balaban J connectivity index is 2.33. The molecule has 0 bridgehead atoms. The second-order valence-electron chi connectivity index (χ2n) is 8.80. The van der Waals surface area contributed by atoms with E-state index >= 15 is 0 Å². The van der Waals surface area contributed by atoms with Gasteiger partial charge >= 0.3 is 12.0 Å². The minimum absolute atomic E-state index is 0.0516. The van der Waals surface area contributed by atoms with Gasteiger partial charge in [0.25, 0.3) is 5.91 Å². The molecule has 0 aromatic carbocycles. The highest BCUT2D eigenvalue weighted by Crippen LogP contribution is 2.44. The van der Waals surface area contributed by atoms with Crippen molar-refractivity contribution in [2.24, 2.45) is 11.3 Å². The number of carboxylic acid groups (broad SMARTS) is 1. The van der Waals surface area contributed by atoms with Gasteiger partial charge in [-0.3, -0.25) is 14.6 Å². The summed E-state index contributed by atoms with van der Waals surface area (Å²) in [7, 11) is 3.88. The number of hydrogen-bond acceptors (Lipinski definition) is 6. The minimum Gasteiger partial charge on any atom is -0.479 e. The molecule has 2 rings (SSSR count). The molecule has 8 nitrogen and oxygen atoms in total. The number of aromatic nitrogens is 1. The quantitative estimate of drug-likeness (QED) is 0.694. The van der Waals surface area contributed by atoms with Crippen LogP contribution in [0.1, 0.15) is 45.3 Å². The third kappa shape index (κ3) is 3.77. The van der Waals surface area contributed by atoms with E-state index in [1.54, 1.807) is 34.6 Å². The lowest BCUT2D eigenvalue weighted by molar-refractivity contribution is -0.161. The highest BCUT2D eigenvalue weighted by Gasteiger charge is 2.60. The number of amides is 3. The van der Waals surface area contributed by atoms with Crippen LogP contribution in [0.25, 0.3) is 0 Å². The fraction of sp³-hybridized carbons (Fsp3) is 0.684. The fourth-order valence-electron chi connectivity index (χ4n) is 4.16. The van der Waals surface area contributed by atoms with Crippen molar-refractivity contribution in [2.75, 3.05) is 20.6 Å². The number of carbonyl (C=O) groups is 3. The van der Waals surface area contributed by atoms with Crippen molar-refractivity contribution in [1.29, 1.82) is 0 Å². The predicted molar refractivity (Wildman–Crippen MR) is 107 cm³/mol. The highest BCUT2D eigenvalue weighted by atomic mass is 32.1. The smallest absolute Gasteiger partial charge is 0.330 e. The molecular formula is C19H30N4O4S. The van der Waals surface area contributed by atoms with Crippen molar-refractivity contribution < 1.29 is 19.5 Å². The van der Waals surface area contributed by atoms with Crippen LogP contribution >= 0.6 is 11.3 Å². The number of hydrogen-bond donors (Lipinski definition) is 1. The molecule has 1 aromatic heterocycles. The number of carboxylic acids is 1. The zero-order chi connectivity index (χ0) is 21.4. The Morgan fingerprint density at radius 1 is 1.32 bits per heavy atom. The fourth-order valence-corrected chi connectivity index (χ4v) is 5.07. The summed E-state index contributed by atoms with van der Waals surface area (Å²) in [6, 6.07) is -0.571. The standard InChI is InChI=1S/C19H30N4O4S/c1-12(2)19(16(25)26,18(3,4)5)23-10-15(24)22(17(23)27)8-13-11-28-14(20-13)9-21(6)7/h11-12H,8-10H2,1-7H3,(H,25,26). The van der Waals surface area contributed by atoms with Gasteiger partial charge in [0, 0.05) is 11.9 Å². The third-order valence-corrected chi connectivity index (χ3v) is 6.04. The zero-order valence-electron chi connectivity index (χ0n) is 17.6. The molecule has 1 atom stereocenters. The van der Waals surface area contributed by atoms with Crippen LogP contribution in [0.3, 0.4) is 0 Å². The first-order chi connectivity index (χ1) is 12.8. The molecule has 9 heteroatoms. The summed E-state index contributed by atoms with van der Waals surface area (Å²) in [6.07, 6.45) is 0. The number of aliphatic carboxylic acids is 1. The largest absolute Gasteiger partial charge is 0.479 e. The van der Waals surface area contributed by atoms with Crippen LogP contribution in [-0.4, -0.2) is 68.9 Å². The van der Waals surface area contributed by atoms with E-state index in [1.807, 2.05) is 24.4 Å². The molecule has 0 aliphatic carbocycles. The van der Waals surface area contributed by atoms with Gasteiger partial charge in [-0.25, -0.2) is 14.6 Å². The van der Waals surface area contributed by atoms with Gasteiger partial charge in [-0.15, -0.1) is 11.3 Å². The van der Waals surface area contributed by atoms with E-state index in [9.17, 15) is 19.5 Å². The molecular weight excluding hydrogens is 380 g/mol. The van der Waals surface area contributed by atoms with Gasteiger partial charge in [0.15, 0.2) is 0 Å². The van der Waals surface area contributed by atoms with E-state index in [0.29, 0.717) is 12.2 Å². The first kappa shape index (κ1) is 22.3. The Hall–Kier alpha value is -2.00. The molecule has 0 spiro atoms. The Bertz CT molecular complexity index is 768. The average Bonchev–Trinajstić information content (AvgIpc) is 3.05. The Kier molecular flexibility index (Phi) is 6.20. The summed E-state index contributed by atoms with van der Waals surface area (Å²) in [5, 5.41) is 12.8. The van der Waals surface area contributed by atoms with Crippen LogP contribution < -0.4 is 0 Å². The van der Waals surface area contributed by atoms with Gasteiger partial charge in [0.05, 0.1) is 12.2 Å². The molecule has 0 saturated carbocycles. The summed E-state index contributed by atoms with van der Waals surface area (Å²) in [4.78, 5) is 47.0. The summed E-state index contributed by atoms with van der Waals surface area (Å²) >= 11 is 1.47. The molecule has 2 heterocycles. The zero-order valence-corrected chi connectivity index (χ0v) is 18.5. The van der Waals surface area contributed by atoms with Crippen LogP contribution in [0.15, 0.2) is 5.38 Å². The Morgan fingerprint density at radius 3 is 2.39 bits per heavy atom. The second-order valence-corrected chi connectivity index (χ2v) is 9.74. The summed E-state index contributed by atoms with van der Waals surface area (Å²) in [6.45, 7) is 9.39. The van der Waals surface area contributed by atoms with E-state index in [1.165, 1.54) is 16.2 Å². The number of nitrogens with zero attached hydrogens (tertiary/aromatic N) is 4. The minimum atomic E-state index is -1.49. The molecule has 1 aromatic rings. The SMILES string of the molecule is CC(C)C(C(=O)O)(N1CC(=O)N(Cc2csc(CN(C)C)n2)C1=O)C(C)(C)C. The summed E-state index contributed by atoms with van der Waals surface area (Å²) in [5.41, 5.74) is -1.63. The van der Waals surface area contributed by atoms with Crippen molar-refractivity contribution in [1.82, 2.24) is 19.7 Å². The Morgan fingerprint density at radius 2 is 1.93 bits per heavy atom. The van der Waals surface area contributed by atoms with Crippen molar-refractivity contribution in [3.63, 3.8) is 0 Å². The molecule has 28 heavy (non-hydrogen) atoms. The van der Waals surface area contributed by atoms with E-state index in [0.717, 1.165) is 9.91 Å². The van der Waals surface area contributed by atoms with E-state index in [-0.39, 0.29) is 19.0 Å². The molecule has 1 aliphatic heterocycles. The molecule has 1 aliphatic rings. The van der Waals surface area contributed by atoms with Gasteiger partial charge in [-0.05, 0) is 25.4 Å². The average molecular weight is 411 g/mol. The number of imide groups is 1. The molecule has 1 unspecified atom stereocenters. The van der Waals surface area contributed by atoms with Gasteiger partial charge < -0.3 is 10.0 Å². The summed E-state index contributed by atoms with van der Waals surface area (Å²) < 4.78 is 0. The highest BCUT2D eigenvalue weighted by molar-refractivity contribution is 7.09. The van der Waals surface area contributed by atoms with Crippen LogP contribution in [0, 0.1) is 11.3 Å².